The normalized spacial score (nSPS) is 15.6. The van der Waals surface area contributed by atoms with Gasteiger partial charge in [-0.3, -0.25) is 15.0 Å². The van der Waals surface area contributed by atoms with Gasteiger partial charge >= 0.3 is 5.69 Å². The van der Waals surface area contributed by atoms with E-state index in [1.54, 1.807) is 0 Å². The first-order valence-electron chi connectivity index (χ1n) is 9.86. The molecule has 0 bridgehead atoms. The highest BCUT2D eigenvalue weighted by Gasteiger charge is 2.25. The maximum atomic E-state index is 11.9. The zero-order chi connectivity index (χ0) is 20.9. The van der Waals surface area contributed by atoms with Gasteiger partial charge in [-0.25, -0.2) is 8.42 Å². The topological polar surface area (TPSA) is 92.6 Å². The fourth-order valence-electron chi connectivity index (χ4n) is 3.74. The Kier molecular flexibility index (Phi) is 6.87. The van der Waals surface area contributed by atoms with Crippen LogP contribution < -0.4 is 5.32 Å². The molecule has 0 aromatic heterocycles. The summed E-state index contributed by atoms with van der Waals surface area (Å²) in [4.78, 5) is 13.1. The Labute approximate surface area is 171 Å². The van der Waals surface area contributed by atoms with Crippen LogP contribution in [0.15, 0.2) is 47.4 Å². The highest BCUT2D eigenvalue weighted by molar-refractivity contribution is 7.90. The van der Waals surface area contributed by atoms with Gasteiger partial charge in [-0.15, -0.1) is 0 Å². The predicted octanol–water partition coefficient (Wildman–Crippen LogP) is 3.99. The molecule has 2 aromatic carbocycles. The molecule has 0 amide bonds. The van der Waals surface area contributed by atoms with Crippen molar-refractivity contribution in [2.75, 3.05) is 24.7 Å². The first-order valence-corrected chi connectivity index (χ1v) is 11.8. The van der Waals surface area contributed by atoms with Crippen molar-refractivity contribution in [2.24, 2.45) is 0 Å². The maximum Gasteiger partial charge on any atom is 0.310 e. The van der Waals surface area contributed by atoms with Crippen LogP contribution in [0.25, 0.3) is 0 Å². The van der Waals surface area contributed by atoms with Gasteiger partial charge in [0.1, 0.15) is 10.6 Å². The van der Waals surface area contributed by atoms with Gasteiger partial charge in [0, 0.05) is 19.3 Å². The molecule has 156 valence electrons. The number of nitrogens with one attached hydrogen (secondary N) is 1. The zero-order valence-corrected chi connectivity index (χ0v) is 17.5. The molecule has 0 radical (unpaired) electrons. The van der Waals surface area contributed by atoms with Crippen LogP contribution in [0.4, 0.5) is 11.4 Å². The second-order valence-electron chi connectivity index (χ2n) is 7.55. The first kappa shape index (κ1) is 21.3. The minimum atomic E-state index is -3.70. The van der Waals surface area contributed by atoms with E-state index in [0.717, 1.165) is 31.5 Å². The molecule has 1 saturated heterocycles. The van der Waals surface area contributed by atoms with Crippen LogP contribution in [-0.2, 0) is 22.9 Å². The number of likely N-dealkylation sites (tertiary alicyclic amines) is 1. The summed E-state index contributed by atoms with van der Waals surface area (Å²) in [6.45, 7) is 3.51. The summed E-state index contributed by atoms with van der Waals surface area (Å²) in [5.41, 5.74) is 2.01. The van der Waals surface area contributed by atoms with Crippen molar-refractivity contribution >= 4 is 21.2 Å². The van der Waals surface area contributed by atoms with Crippen molar-refractivity contribution in [1.29, 1.82) is 0 Å². The Hall–Kier alpha value is -2.45. The summed E-state index contributed by atoms with van der Waals surface area (Å²) >= 11 is 0. The lowest BCUT2D eigenvalue weighted by molar-refractivity contribution is -0.386. The van der Waals surface area contributed by atoms with E-state index in [1.165, 1.54) is 49.4 Å². The summed E-state index contributed by atoms with van der Waals surface area (Å²) in [5.74, 6) is 0. The quantitative estimate of drug-likeness (QED) is 0.541. The molecule has 0 unspecified atom stereocenters. The van der Waals surface area contributed by atoms with Crippen molar-refractivity contribution in [1.82, 2.24) is 4.90 Å². The molecular formula is C21H27N3O4S. The molecule has 29 heavy (non-hydrogen) atoms. The highest BCUT2D eigenvalue weighted by atomic mass is 32.2. The average molecular weight is 418 g/mol. The summed E-state index contributed by atoms with van der Waals surface area (Å²) < 4.78 is 23.8. The monoisotopic (exact) mass is 417 g/mol. The molecule has 2 aromatic rings. The zero-order valence-electron chi connectivity index (χ0n) is 16.6. The molecule has 0 aliphatic carbocycles. The van der Waals surface area contributed by atoms with Gasteiger partial charge in [-0.1, -0.05) is 43.2 Å². The van der Waals surface area contributed by atoms with Crippen LogP contribution in [0.1, 0.15) is 36.8 Å². The maximum absolute atomic E-state index is 11.9. The highest BCUT2D eigenvalue weighted by Crippen LogP contribution is 2.32. The van der Waals surface area contributed by atoms with E-state index in [0.29, 0.717) is 6.54 Å². The minimum Gasteiger partial charge on any atom is -0.375 e. The second kappa shape index (κ2) is 9.37. The SMILES string of the molecule is CS(=O)(=O)c1cccc(NCc2cccc(CN3CCCCCC3)c2)c1[N+](=O)[O-]. The Balaban J connectivity index is 1.74. The molecule has 0 atom stereocenters. The fraction of sp³-hybridized carbons (Fsp3) is 0.429. The van der Waals surface area contributed by atoms with Gasteiger partial charge in [0.05, 0.1) is 4.92 Å². The van der Waals surface area contributed by atoms with Crippen LogP contribution >= 0.6 is 0 Å². The van der Waals surface area contributed by atoms with E-state index in [9.17, 15) is 18.5 Å². The van der Waals surface area contributed by atoms with Gasteiger partial charge < -0.3 is 5.32 Å². The summed E-state index contributed by atoms with van der Waals surface area (Å²) in [7, 11) is -3.70. The van der Waals surface area contributed by atoms with Crippen molar-refractivity contribution < 1.29 is 13.3 Å². The molecule has 7 nitrogen and oxygen atoms in total. The number of nitro groups is 1. The van der Waals surface area contributed by atoms with Gasteiger partial charge in [0.2, 0.25) is 0 Å². The van der Waals surface area contributed by atoms with Gasteiger partial charge in [-0.05, 0) is 49.2 Å². The lowest BCUT2D eigenvalue weighted by atomic mass is 10.1. The molecule has 0 saturated carbocycles. The van der Waals surface area contributed by atoms with Crippen molar-refractivity contribution in [3.63, 3.8) is 0 Å². The number of nitrogens with zero attached hydrogens (tertiary/aromatic N) is 2. The molecule has 3 rings (SSSR count). The molecule has 1 heterocycles. The third kappa shape index (κ3) is 5.77. The van der Waals surface area contributed by atoms with Crippen LogP contribution in [0, 0.1) is 10.1 Å². The number of nitro benzene ring substituents is 1. The number of hydrogen-bond acceptors (Lipinski definition) is 6. The molecule has 8 heteroatoms. The van der Waals surface area contributed by atoms with Crippen molar-refractivity contribution in [2.45, 2.75) is 43.7 Å². The van der Waals surface area contributed by atoms with Crippen molar-refractivity contribution in [3.8, 4) is 0 Å². The number of benzene rings is 2. The van der Waals surface area contributed by atoms with Gasteiger partial charge in [-0.2, -0.15) is 0 Å². The van der Waals surface area contributed by atoms with E-state index in [1.807, 2.05) is 12.1 Å². The van der Waals surface area contributed by atoms with E-state index < -0.39 is 20.4 Å². The Morgan fingerprint density at radius 2 is 1.69 bits per heavy atom. The summed E-state index contributed by atoms with van der Waals surface area (Å²) in [5, 5.41) is 14.5. The molecule has 1 fully saturated rings. The van der Waals surface area contributed by atoms with Gasteiger partial charge in [0.15, 0.2) is 9.84 Å². The fourth-order valence-corrected chi connectivity index (χ4v) is 4.60. The van der Waals surface area contributed by atoms with Crippen molar-refractivity contribution in [3.05, 3.63) is 63.7 Å². The number of para-hydroxylation sites is 1. The van der Waals surface area contributed by atoms with Crippen LogP contribution in [-0.4, -0.2) is 37.6 Å². The third-order valence-corrected chi connectivity index (χ3v) is 6.29. The van der Waals surface area contributed by atoms with Crippen LogP contribution in [0.2, 0.25) is 0 Å². The van der Waals surface area contributed by atoms with Crippen LogP contribution in [0.3, 0.4) is 0 Å². The smallest absolute Gasteiger partial charge is 0.310 e. The lowest BCUT2D eigenvalue weighted by Gasteiger charge is -2.20. The average Bonchev–Trinajstić information content (AvgIpc) is 2.94. The third-order valence-electron chi connectivity index (χ3n) is 5.16. The first-order chi connectivity index (χ1) is 13.8. The summed E-state index contributed by atoms with van der Waals surface area (Å²) in [6.07, 6.45) is 6.05. The molecule has 1 N–H and O–H groups in total. The van der Waals surface area contributed by atoms with E-state index in [2.05, 4.69) is 22.3 Å². The predicted molar refractivity (Wildman–Crippen MR) is 114 cm³/mol. The van der Waals surface area contributed by atoms with E-state index in [-0.39, 0.29) is 10.6 Å². The number of rotatable bonds is 7. The Bertz CT molecular complexity index is 968. The molecular weight excluding hydrogens is 390 g/mol. The standard InChI is InChI=1S/C21H27N3O4S/c1-29(27,28)20-11-7-10-19(21(20)24(25)26)22-15-17-8-6-9-18(14-17)16-23-12-4-2-3-5-13-23/h6-11,14,22H,2-5,12-13,15-16H2,1H3. The molecule has 0 spiro atoms. The molecule has 1 aliphatic rings. The second-order valence-corrected chi connectivity index (χ2v) is 9.53. The number of hydrogen-bond donors (Lipinski definition) is 1. The summed E-state index contributed by atoms with van der Waals surface area (Å²) in [6, 6.07) is 12.5. The Morgan fingerprint density at radius 1 is 1.03 bits per heavy atom. The lowest BCUT2D eigenvalue weighted by Crippen LogP contribution is -2.24. The van der Waals surface area contributed by atoms with Crippen LogP contribution in [0.5, 0.6) is 0 Å². The Morgan fingerprint density at radius 3 is 2.34 bits per heavy atom. The molecule has 1 aliphatic heterocycles. The minimum absolute atomic E-state index is 0.204. The number of sulfone groups is 1. The largest absolute Gasteiger partial charge is 0.375 e. The van der Waals surface area contributed by atoms with E-state index >= 15 is 0 Å². The van der Waals surface area contributed by atoms with Gasteiger partial charge in [0.25, 0.3) is 0 Å². The van der Waals surface area contributed by atoms with E-state index in [4.69, 9.17) is 0 Å². The number of anilines is 1.